The summed E-state index contributed by atoms with van der Waals surface area (Å²) < 4.78 is 7.65. The van der Waals surface area contributed by atoms with Crippen molar-refractivity contribution in [1.82, 2.24) is 24.5 Å². The van der Waals surface area contributed by atoms with Gasteiger partial charge in [0, 0.05) is 37.4 Å². The number of carbonyl (C=O) groups is 1. The van der Waals surface area contributed by atoms with Crippen molar-refractivity contribution in [2.24, 2.45) is 0 Å². The van der Waals surface area contributed by atoms with E-state index in [1.807, 2.05) is 58.0 Å². The molecule has 140 valence electrons. The molecule has 0 radical (unpaired) electrons. The zero-order chi connectivity index (χ0) is 18.9. The van der Waals surface area contributed by atoms with Crippen LogP contribution in [0, 0.1) is 0 Å². The molecule has 1 atom stereocenters. The van der Waals surface area contributed by atoms with Gasteiger partial charge >= 0.3 is 0 Å². The van der Waals surface area contributed by atoms with Crippen LogP contribution in [0.2, 0.25) is 0 Å². The van der Waals surface area contributed by atoms with Gasteiger partial charge in [0.2, 0.25) is 11.8 Å². The number of oxazole rings is 1. The number of hydrogen-bond acceptors (Lipinski definition) is 5. The molecule has 1 aliphatic heterocycles. The number of rotatable bonds is 3. The van der Waals surface area contributed by atoms with E-state index in [0.717, 1.165) is 36.4 Å². The largest absolute Gasteiger partial charge is 0.437 e. The average molecular weight is 373 g/mol. The number of nitrogens with zero attached hydrogens (tertiary/aromatic N) is 5. The monoisotopic (exact) mass is 373 g/mol. The van der Waals surface area contributed by atoms with Gasteiger partial charge in [-0.1, -0.05) is 18.2 Å². The molecule has 4 aromatic rings. The smallest absolute Gasteiger partial charge is 0.246 e. The zero-order valence-corrected chi connectivity index (χ0v) is 15.2. The van der Waals surface area contributed by atoms with Crippen molar-refractivity contribution >= 4 is 28.7 Å². The van der Waals surface area contributed by atoms with E-state index in [0.29, 0.717) is 18.0 Å². The van der Waals surface area contributed by atoms with Crippen LogP contribution in [0.4, 0.5) is 0 Å². The lowest BCUT2D eigenvalue weighted by molar-refractivity contribution is -0.127. The van der Waals surface area contributed by atoms with Gasteiger partial charge in [-0.3, -0.25) is 9.20 Å². The first-order valence-corrected chi connectivity index (χ1v) is 9.40. The number of benzene rings is 1. The lowest BCUT2D eigenvalue weighted by atomic mass is 9.97. The van der Waals surface area contributed by atoms with Crippen LogP contribution >= 0.6 is 0 Å². The molecule has 4 heterocycles. The second-order valence-electron chi connectivity index (χ2n) is 6.96. The molecule has 28 heavy (non-hydrogen) atoms. The lowest BCUT2D eigenvalue weighted by Gasteiger charge is -2.31. The summed E-state index contributed by atoms with van der Waals surface area (Å²) in [5.41, 5.74) is 2.33. The Labute approximate surface area is 161 Å². The Kier molecular flexibility index (Phi) is 4.12. The fourth-order valence-electron chi connectivity index (χ4n) is 3.74. The number of piperidine rings is 1. The molecule has 0 N–H and O–H groups in total. The average Bonchev–Trinajstić information content (AvgIpc) is 3.36. The third-order valence-corrected chi connectivity index (χ3v) is 5.12. The van der Waals surface area contributed by atoms with Gasteiger partial charge in [-0.05, 0) is 37.1 Å². The molecule has 1 amide bonds. The number of amides is 1. The van der Waals surface area contributed by atoms with Crippen molar-refractivity contribution in [1.29, 1.82) is 0 Å². The highest BCUT2D eigenvalue weighted by Gasteiger charge is 2.27. The number of para-hydroxylation sites is 2. The Balaban J connectivity index is 1.32. The summed E-state index contributed by atoms with van der Waals surface area (Å²) in [6, 6.07) is 13.4. The van der Waals surface area contributed by atoms with Gasteiger partial charge in [-0.25, -0.2) is 4.98 Å². The fraction of sp³-hybridized carbons (Fsp3) is 0.238. The van der Waals surface area contributed by atoms with Crippen LogP contribution < -0.4 is 0 Å². The van der Waals surface area contributed by atoms with Gasteiger partial charge < -0.3 is 9.32 Å². The predicted octanol–water partition coefficient (Wildman–Crippen LogP) is 3.29. The summed E-state index contributed by atoms with van der Waals surface area (Å²) in [5.74, 6) is 1.48. The van der Waals surface area contributed by atoms with Crippen molar-refractivity contribution in [3.63, 3.8) is 0 Å². The van der Waals surface area contributed by atoms with Crippen LogP contribution in [0.3, 0.4) is 0 Å². The highest BCUT2D eigenvalue weighted by atomic mass is 16.3. The Morgan fingerprint density at radius 1 is 1.14 bits per heavy atom. The van der Waals surface area contributed by atoms with Gasteiger partial charge in [0.25, 0.3) is 0 Å². The molecule has 1 saturated heterocycles. The van der Waals surface area contributed by atoms with E-state index in [4.69, 9.17) is 4.42 Å². The summed E-state index contributed by atoms with van der Waals surface area (Å²) in [4.78, 5) is 18.9. The minimum atomic E-state index is -0.0409. The highest BCUT2D eigenvalue weighted by Crippen LogP contribution is 2.26. The fourth-order valence-corrected chi connectivity index (χ4v) is 3.74. The van der Waals surface area contributed by atoms with Crippen molar-refractivity contribution < 1.29 is 9.21 Å². The number of pyridine rings is 1. The second-order valence-corrected chi connectivity index (χ2v) is 6.96. The standard InChI is InChI=1S/C21H19N5O2/c27-20(11-10-19-22-16-7-1-2-8-17(16)28-19)25-12-5-6-15(14-25)21-24-23-18-9-3-4-13-26(18)21/h1-4,7-11,13,15H,5-6,12,14H2/b11-10+. The summed E-state index contributed by atoms with van der Waals surface area (Å²) >= 11 is 0. The molecular weight excluding hydrogens is 354 g/mol. The van der Waals surface area contributed by atoms with Crippen LogP contribution in [0.1, 0.15) is 30.5 Å². The molecule has 7 heteroatoms. The summed E-state index contributed by atoms with van der Waals surface area (Å²) in [6.07, 6.45) is 7.08. The van der Waals surface area contributed by atoms with Crippen LogP contribution in [0.25, 0.3) is 22.8 Å². The van der Waals surface area contributed by atoms with E-state index in [2.05, 4.69) is 15.2 Å². The van der Waals surface area contributed by atoms with Crippen LogP contribution in [0.5, 0.6) is 0 Å². The van der Waals surface area contributed by atoms with Crippen LogP contribution in [-0.4, -0.2) is 43.5 Å². The third kappa shape index (κ3) is 3.05. The molecule has 1 aromatic carbocycles. The van der Waals surface area contributed by atoms with Crippen LogP contribution in [-0.2, 0) is 4.79 Å². The van der Waals surface area contributed by atoms with Gasteiger partial charge in [-0.2, -0.15) is 0 Å². The molecule has 3 aromatic heterocycles. The van der Waals surface area contributed by atoms with Crippen molar-refractivity contribution in [2.45, 2.75) is 18.8 Å². The molecule has 0 bridgehead atoms. The Morgan fingerprint density at radius 3 is 2.96 bits per heavy atom. The molecule has 1 aliphatic rings. The van der Waals surface area contributed by atoms with Crippen molar-refractivity contribution in [3.05, 3.63) is 66.5 Å². The number of carbonyl (C=O) groups excluding carboxylic acids is 1. The topological polar surface area (TPSA) is 76.5 Å². The number of fused-ring (bicyclic) bond motifs is 2. The molecular formula is C21H19N5O2. The molecule has 1 unspecified atom stereocenters. The first kappa shape index (κ1) is 16.7. The predicted molar refractivity (Wildman–Crippen MR) is 105 cm³/mol. The Bertz CT molecular complexity index is 1140. The van der Waals surface area contributed by atoms with E-state index in [9.17, 15) is 4.79 Å². The van der Waals surface area contributed by atoms with E-state index in [1.54, 1.807) is 6.08 Å². The van der Waals surface area contributed by atoms with Crippen molar-refractivity contribution in [2.75, 3.05) is 13.1 Å². The Hall–Kier alpha value is -3.48. The van der Waals surface area contributed by atoms with Crippen molar-refractivity contribution in [3.8, 4) is 0 Å². The number of likely N-dealkylation sites (tertiary alicyclic amines) is 1. The van der Waals surface area contributed by atoms with Gasteiger partial charge in [0.15, 0.2) is 11.2 Å². The molecule has 7 nitrogen and oxygen atoms in total. The third-order valence-electron chi connectivity index (χ3n) is 5.12. The van der Waals surface area contributed by atoms with E-state index in [1.165, 1.54) is 6.08 Å². The highest BCUT2D eigenvalue weighted by molar-refractivity contribution is 5.91. The Morgan fingerprint density at radius 2 is 2.04 bits per heavy atom. The molecule has 0 saturated carbocycles. The SMILES string of the molecule is O=C(/C=C/c1nc2ccccc2o1)N1CCCC(c2nnc3ccccn23)C1. The minimum absolute atomic E-state index is 0.0409. The molecule has 0 spiro atoms. The summed E-state index contributed by atoms with van der Waals surface area (Å²) in [5, 5.41) is 8.60. The minimum Gasteiger partial charge on any atom is -0.437 e. The van der Waals surface area contributed by atoms with E-state index < -0.39 is 0 Å². The summed E-state index contributed by atoms with van der Waals surface area (Å²) in [7, 11) is 0. The van der Waals surface area contributed by atoms with E-state index >= 15 is 0 Å². The van der Waals surface area contributed by atoms with Crippen LogP contribution in [0.15, 0.2) is 59.2 Å². The van der Waals surface area contributed by atoms with E-state index in [-0.39, 0.29) is 11.8 Å². The normalized spacial score (nSPS) is 17.7. The van der Waals surface area contributed by atoms with Gasteiger partial charge in [-0.15, -0.1) is 10.2 Å². The van der Waals surface area contributed by atoms with Gasteiger partial charge in [0.05, 0.1) is 0 Å². The maximum atomic E-state index is 12.7. The van der Waals surface area contributed by atoms with Gasteiger partial charge in [0.1, 0.15) is 11.3 Å². The molecule has 1 fully saturated rings. The maximum Gasteiger partial charge on any atom is 0.246 e. The zero-order valence-electron chi connectivity index (χ0n) is 15.2. The first-order valence-electron chi connectivity index (χ1n) is 9.40. The lowest BCUT2D eigenvalue weighted by Crippen LogP contribution is -2.38. The second kappa shape index (κ2) is 6.92. The molecule has 5 rings (SSSR count). The first-order chi connectivity index (χ1) is 13.8. The number of aromatic nitrogens is 4. The maximum absolute atomic E-state index is 12.7. The molecule has 0 aliphatic carbocycles. The summed E-state index contributed by atoms with van der Waals surface area (Å²) in [6.45, 7) is 1.37. The quantitative estimate of drug-likeness (QED) is 0.515. The number of hydrogen-bond donors (Lipinski definition) is 0.